The maximum absolute atomic E-state index is 13.8. The number of nitrogens with two attached hydrogens (primary N) is 1. The van der Waals surface area contributed by atoms with E-state index in [0.29, 0.717) is 22.8 Å². The number of aryl methyl sites for hydroxylation is 1. The average molecular weight is 615 g/mol. The molecule has 2 aliphatic carbocycles. The van der Waals surface area contributed by atoms with E-state index in [2.05, 4.69) is 30.4 Å². The molecule has 0 aromatic carbocycles. The van der Waals surface area contributed by atoms with Crippen molar-refractivity contribution in [2.45, 2.75) is 56.1 Å². The first kappa shape index (κ1) is 23.7. The summed E-state index contributed by atoms with van der Waals surface area (Å²) in [7, 11) is 1.18. The summed E-state index contributed by atoms with van der Waals surface area (Å²) in [6.45, 7) is -2.05. The molecular weight excluding hydrogens is 578 g/mol. The molecule has 4 atom stereocenters. The fourth-order valence-corrected chi connectivity index (χ4v) is 6.40. The van der Waals surface area contributed by atoms with E-state index in [1.807, 2.05) is 6.92 Å². The molecule has 232 valence electrons. The predicted octanol–water partition coefficient (Wildman–Crippen LogP) is 2.35. The lowest BCUT2D eigenvalue weighted by atomic mass is 10.1. The standard InChI is InChI=1S/C28H32F2N10O4/c1-14-10-28(14,24(31)41)40-22-17(23(36-40)38-12-27(29,30)13-38)6-7-20(35-22)34-21-9-18-19(11-32-21)37(2)26(43)39(18)16-5-4-15(8-16)33-25(42)44-3/h6-7,9,11,14-16H,4-5,8,10,12-13H2,1-3H3,(H2,31,41)(H,33,42)(H,32,34,35)/t14-,15+,16+,28-/m0/s1/i2D3,15D. The van der Waals surface area contributed by atoms with Crippen LogP contribution in [0.3, 0.4) is 0 Å². The van der Waals surface area contributed by atoms with E-state index < -0.39 is 61.3 Å². The van der Waals surface area contributed by atoms with E-state index in [1.165, 1.54) is 33.5 Å². The van der Waals surface area contributed by atoms with Gasteiger partial charge in [-0.1, -0.05) is 6.92 Å². The largest absolute Gasteiger partial charge is 0.453 e. The van der Waals surface area contributed by atoms with E-state index >= 15 is 0 Å². The second-order valence-electron chi connectivity index (χ2n) is 11.7. The van der Waals surface area contributed by atoms with Crippen LogP contribution in [0.5, 0.6) is 0 Å². The maximum atomic E-state index is 13.8. The number of hydrogen-bond donors (Lipinski definition) is 3. The monoisotopic (exact) mass is 614 g/mol. The van der Waals surface area contributed by atoms with Gasteiger partial charge in [0.05, 0.1) is 44.2 Å². The summed E-state index contributed by atoms with van der Waals surface area (Å²) in [5.74, 6) is -2.96. The smallest absolute Gasteiger partial charge is 0.407 e. The Balaban J connectivity index is 1.28. The van der Waals surface area contributed by atoms with Crippen LogP contribution in [0.4, 0.5) is 31.0 Å². The Morgan fingerprint density at radius 1 is 1.23 bits per heavy atom. The molecule has 44 heavy (non-hydrogen) atoms. The number of fused-ring (bicyclic) bond motifs is 2. The Kier molecular flexibility index (Phi) is 5.18. The maximum Gasteiger partial charge on any atom is 0.407 e. The van der Waals surface area contributed by atoms with E-state index in [-0.39, 0.29) is 52.9 Å². The number of imidazole rings is 1. The zero-order chi connectivity index (χ0) is 34.6. The number of alkyl carbamates (subject to hydrolysis) is 1. The predicted molar refractivity (Wildman–Crippen MR) is 156 cm³/mol. The van der Waals surface area contributed by atoms with E-state index in [4.69, 9.17) is 11.2 Å². The van der Waals surface area contributed by atoms with Gasteiger partial charge in [0, 0.05) is 29.2 Å². The number of aromatic nitrogens is 6. The molecule has 1 saturated heterocycles. The molecule has 2 saturated carbocycles. The highest BCUT2D eigenvalue weighted by molar-refractivity contribution is 5.94. The number of rotatable bonds is 7. The average Bonchev–Trinajstić information content (AvgIpc) is 3.23. The molecule has 4 N–H and O–H groups in total. The summed E-state index contributed by atoms with van der Waals surface area (Å²) >= 11 is 0. The molecule has 1 aliphatic heterocycles. The van der Waals surface area contributed by atoms with Crippen molar-refractivity contribution in [3.05, 3.63) is 34.9 Å². The summed E-state index contributed by atoms with van der Waals surface area (Å²) < 4.78 is 68.3. The highest BCUT2D eigenvalue weighted by Gasteiger charge is 2.60. The summed E-state index contributed by atoms with van der Waals surface area (Å²) in [6, 6.07) is 2.65. The molecule has 0 spiro atoms. The molecule has 0 bridgehead atoms. The van der Waals surface area contributed by atoms with Gasteiger partial charge in [-0.3, -0.25) is 13.9 Å². The molecule has 0 unspecified atom stereocenters. The number of halogens is 2. The quantitative estimate of drug-likeness (QED) is 0.283. The molecular formula is C28H32F2N10O4. The minimum absolute atomic E-state index is 0.0146. The molecule has 4 aromatic heterocycles. The van der Waals surface area contributed by atoms with Crippen LogP contribution >= 0.6 is 0 Å². The van der Waals surface area contributed by atoms with Gasteiger partial charge in [-0.25, -0.2) is 33.0 Å². The van der Waals surface area contributed by atoms with Crippen molar-refractivity contribution >= 4 is 51.5 Å². The van der Waals surface area contributed by atoms with Crippen molar-refractivity contribution in [2.75, 3.05) is 30.4 Å². The fourth-order valence-electron chi connectivity index (χ4n) is 6.40. The Hall–Kier alpha value is -4.76. The number of amides is 2. The van der Waals surface area contributed by atoms with Crippen LogP contribution in [-0.4, -0.2) is 73.0 Å². The minimum atomic E-state index is -2.86. The molecule has 4 aromatic rings. The first-order valence-corrected chi connectivity index (χ1v) is 14.1. The van der Waals surface area contributed by atoms with Gasteiger partial charge >= 0.3 is 11.8 Å². The van der Waals surface area contributed by atoms with Crippen LogP contribution in [-0.2, 0) is 22.0 Å². The normalized spacial score (nSPS) is 29.0. The lowest BCUT2D eigenvalue weighted by Gasteiger charge is -2.39. The number of ether oxygens (including phenoxy) is 1. The number of carbonyl (C=O) groups excluding carboxylic acids is 2. The van der Waals surface area contributed by atoms with E-state index in [9.17, 15) is 23.2 Å². The lowest BCUT2D eigenvalue weighted by molar-refractivity contribution is -0.123. The number of anilines is 3. The molecule has 3 aliphatic rings. The van der Waals surface area contributed by atoms with Gasteiger partial charge in [0.25, 0.3) is 5.92 Å². The molecule has 5 heterocycles. The highest BCUT2D eigenvalue weighted by Crippen LogP contribution is 2.51. The molecule has 2 amide bonds. The number of hydrogen-bond acceptors (Lipinski definition) is 9. The number of primary amides is 1. The van der Waals surface area contributed by atoms with Gasteiger partial charge in [0.15, 0.2) is 11.5 Å². The van der Waals surface area contributed by atoms with Crippen molar-refractivity contribution in [1.29, 1.82) is 0 Å². The summed E-state index contributed by atoms with van der Waals surface area (Å²) in [5, 5.41) is 10.5. The second-order valence-corrected chi connectivity index (χ2v) is 11.7. The van der Waals surface area contributed by atoms with Gasteiger partial charge in [-0.2, -0.15) is 5.10 Å². The second kappa shape index (κ2) is 9.62. The summed E-state index contributed by atoms with van der Waals surface area (Å²) in [4.78, 5) is 48.5. The number of carbonyl (C=O) groups is 2. The first-order valence-electron chi connectivity index (χ1n) is 16.1. The summed E-state index contributed by atoms with van der Waals surface area (Å²) in [6.07, 6.45) is 1.36. The third kappa shape index (κ3) is 4.25. The molecule has 3 fully saturated rings. The first-order chi connectivity index (χ1) is 22.5. The third-order valence-corrected chi connectivity index (χ3v) is 8.84. The lowest BCUT2D eigenvalue weighted by Crippen LogP contribution is -2.56. The Bertz CT molecular complexity index is 2060. The molecule has 0 radical (unpaired) electrons. The van der Waals surface area contributed by atoms with Crippen molar-refractivity contribution in [2.24, 2.45) is 18.6 Å². The van der Waals surface area contributed by atoms with Crippen molar-refractivity contribution in [1.82, 2.24) is 34.2 Å². The minimum Gasteiger partial charge on any atom is -0.453 e. The number of nitrogens with zero attached hydrogens (tertiary/aromatic N) is 7. The molecule has 16 heteroatoms. The van der Waals surface area contributed by atoms with Gasteiger partial charge in [0.1, 0.15) is 17.2 Å². The number of nitrogens with one attached hydrogen (secondary N) is 2. The van der Waals surface area contributed by atoms with Gasteiger partial charge in [0.2, 0.25) is 5.91 Å². The van der Waals surface area contributed by atoms with Crippen molar-refractivity contribution in [3.63, 3.8) is 0 Å². The van der Waals surface area contributed by atoms with Crippen LogP contribution in [0, 0.1) is 5.92 Å². The number of methoxy groups -OCH3 is 1. The van der Waals surface area contributed by atoms with E-state index in [1.54, 1.807) is 12.1 Å². The van der Waals surface area contributed by atoms with E-state index in [0.717, 1.165) is 0 Å². The zero-order valence-electron chi connectivity index (χ0n) is 27.8. The number of pyridine rings is 2. The van der Waals surface area contributed by atoms with Crippen LogP contribution in [0.1, 0.15) is 44.1 Å². The Morgan fingerprint density at radius 2 is 2.00 bits per heavy atom. The van der Waals surface area contributed by atoms with Gasteiger partial charge in [-0.05, 0) is 43.7 Å². The molecule has 7 rings (SSSR count). The SMILES string of the molecule is [2H]C([2H])([2H])n1c(=O)n([C@@H]2CC[C@@]([2H])(NC(=O)OC)C2)c2cc(Nc3ccc4c(N5CC(F)(F)C5)nn([C@@]5(C(N)=O)C[C@@H]5C)c4n3)ncc21. The van der Waals surface area contributed by atoms with Gasteiger partial charge < -0.3 is 26.0 Å². The van der Waals surface area contributed by atoms with Crippen molar-refractivity contribution < 1.29 is 28.6 Å². The topological polar surface area (TPSA) is 167 Å². The van der Waals surface area contributed by atoms with Crippen LogP contribution in [0.25, 0.3) is 22.1 Å². The van der Waals surface area contributed by atoms with Crippen LogP contribution in [0.15, 0.2) is 29.2 Å². The zero-order valence-corrected chi connectivity index (χ0v) is 23.8. The van der Waals surface area contributed by atoms with Crippen LogP contribution < -0.4 is 27.0 Å². The summed E-state index contributed by atoms with van der Waals surface area (Å²) in [5.41, 5.74) is 4.32. The van der Waals surface area contributed by atoms with Crippen LogP contribution in [0.2, 0.25) is 0 Å². The highest BCUT2D eigenvalue weighted by atomic mass is 19.3. The van der Waals surface area contributed by atoms with Gasteiger partial charge in [-0.15, -0.1) is 0 Å². The number of alkyl halides is 2. The molecule has 14 nitrogen and oxygen atoms in total. The van der Waals surface area contributed by atoms with Crippen molar-refractivity contribution in [3.8, 4) is 0 Å². The Labute approximate surface area is 254 Å². The fraction of sp³-hybridized carbons (Fsp3) is 0.500. The third-order valence-electron chi connectivity index (χ3n) is 8.84. The Morgan fingerprint density at radius 3 is 2.66 bits per heavy atom.